The molecule has 0 aliphatic carbocycles. The smallest absolute Gasteiger partial charge is 0.328 e. The van der Waals surface area contributed by atoms with E-state index in [1.54, 1.807) is 0 Å². The summed E-state index contributed by atoms with van der Waals surface area (Å²) in [4.78, 5) is 10.4. The minimum atomic E-state index is -0.872. The summed E-state index contributed by atoms with van der Waals surface area (Å²) in [6.45, 7) is 12.3. The van der Waals surface area contributed by atoms with Gasteiger partial charge in [0.05, 0.1) is 0 Å². The standard InChI is InChI=1S/C13H25NO2/c1-9(2)12(10(3)4)8-14-7-11(5)6-13(15)16/h6,9-10,12,14H,7-8H2,1-5H3,(H,15,16). The van der Waals surface area contributed by atoms with E-state index in [4.69, 9.17) is 5.11 Å². The first-order chi connectivity index (χ1) is 7.34. The van der Waals surface area contributed by atoms with Crippen molar-refractivity contribution in [2.24, 2.45) is 17.8 Å². The van der Waals surface area contributed by atoms with Crippen molar-refractivity contribution in [3.05, 3.63) is 11.6 Å². The molecule has 0 spiro atoms. The fraction of sp³-hybridized carbons (Fsp3) is 0.769. The monoisotopic (exact) mass is 227 g/mol. The Morgan fingerprint density at radius 1 is 1.25 bits per heavy atom. The Morgan fingerprint density at radius 3 is 2.12 bits per heavy atom. The number of carboxylic acid groups (broad SMARTS) is 1. The molecule has 0 saturated carbocycles. The second-order valence-electron chi connectivity index (χ2n) is 5.11. The number of nitrogens with one attached hydrogen (secondary N) is 1. The number of carbonyl (C=O) groups is 1. The SMILES string of the molecule is CC(=CC(=O)O)CNCC(C(C)C)C(C)C. The fourth-order valence-electron chi connectivity index (χ4n) is 1.94. The van der Waals surface area contributed by atoms with Crippen LogP contribution in [-0.4, -0.2) is 24.2 Å². The van der Waals surface area contributed by atoms with E-state index in [1.165, 1.54) is 6.08 Å². The van der Waals surface area contributed by atoms with E-state index in [9.17, 15) is 4.79 Å². The van der Waals surface area contributed by atoms with Gasteiger partial charge in [-0.15, -0.1) is 0 Å². The molecule has 0 unspecified atom stereocenters. The molecule has 0 aromatic rings. The maximum Gasteiger partial charge on any atom is 0.328 e. The van der Waals surface area contributed by atoms with E-state index in [1.807, 2.05) is 6.92 Å². The highest BCUT2D eigenvalue weighted by Gasteiger charge is 2.16. The van der Waals surface area contributed by atoms with Crippen molar-refractivity contribution in [3.8, 4) is 0 Å². The zero-order valence-electron chi connectivity index (χ0n) is 11.1. The lowest BCUT2D eigenvalue weighted by atomic mass is 9.85. The van der Waals surface area contributed by atoms with Crippen LogP contribution in [0.25, 0.3) is 0 Å². The Bertz CT molecular complexity index is 236. The van der Waals surface area contributed by atoms with Gasteiger partial charge in [-0.25, -0.2) is 4.79 Å². The largest absolute Gasteiger partial charge is 0.478 e. The molecule has 0 amide bonds. The molecule has 0 bridgehead atoms. The van der Waals surface area contributed by atoms with Gasteiger partial charge < -0.3 is 10.4 Å². The quantitative estimate of drug-likeness (QED) is 0.657. The molecular weight excluding hydrogens is 202 g/mol. The zero-order valence-corrected chi connectivity index (χ0v) is 11.1. The average Bonchev–Trinajstić information content (AvgIpc) is 2.09. The van der Waals surface area contributed by atoms with Crippen molar-refractivity contribution in [3.63, 3.8) is 0 Å². The van der Waals surface area contributed by atoms with E-state index >= 15 is 0 Å². The molecule has 0 rings (SSSR count). The van der Waals surface area contributed by atoms with Gasteiger partial charge in [-0.1, -0.05) is 33.3 Å². The average molecular weight is 227 g/mol. The van der Waals surface area contributed by atoms with Gasteiger partial charge in [0.1, 0.15) is 0 Å². The lowest BCUT2D eigenvalue weighted by Gasteiger charge is -2.25. The number of rotatable bonds is 7. The van der Waals surface area contributed by atoms with Crippen LogP contribution < -0.4 is 5.32 Å². The fourth-order valence-corrected chi connectivity index (χ4v) is 1.94. The van der Waals surface area contributed by atoms with Crippen molar-refractivity contribution in [2.45, 2.75) is 34.6 Å². The molecule has 16 heavy (non-hydrogen) atoms. The Labute approximate surface area is 98.9 Å². The summed E-state index contributed by atoms with van der Waals surface area (Å²) in [5, 5.41) is 11.9. The van der Waals surface area contributed by atoms with Crippen LogP contribution in [-0.2, 0) is 4.79 Å². The molecule has 0 aliphatic rings. The molecule has 0 atom stereocenters. The Hall–Kier alpha value is -0.830. The van der Waals surface area contributed by atoms with E-state index in [0.717, 1.165) is 12.1 Å². The molecule has 3 nitrogen and oxygen atoms in total. The molecule has 0 fully saturated rings. The molecular formula is C13H25NO2. The topological polar surface area (TPSA) is 49.3 Å². The summed E-state index contributed by atoms with van der Waals surface area (Å²) in [5.41, 5.74) is 0.860. The molecule has 0 radical (unpaired) electrons. The summed E-state index contributed by atoms with van der Waals surface area (Å²) >= 11 is 0. The predicted octanol–water partition coefficient (Wildman–Crippen LogP) is 2.54. The lowest BCUT2D eigenvalue weighted by molar-refractivity contribution is -0.131. The van der Waals surface area contributed by atoms with Crippen LogP contribution >= 0.6 is 0 Å². The normalized spacial score (nSPS) is 12.9. The third-order valence-corrected chi connectivity index (χ3v) is 2.87. The van der Waals surface area contributed by atoms with Gasteiger partial charge in [0, 0.05) is 12.6 Å². The molecule has 0 saturated heterocycles. The third-order valence-electron chi connectivity index (χ3n) is 2.87. The first kappa shape index (κ1) is 15.2. The van der Waals surface area contributed by atoms with Crippen LogP contribution in [0.15, 0.2) is 11.6 Å². The van der Waals surface area contributed by atoms with Crippen LogP contribution in [0.2, 0.25) is 0 Å². The van der Waals surface area contributed by atoms with Gasteiger partial charge in [-0.2, -0.15) is 0 Å². The van der Waals surface area contributed by atoms with Gasteiger partial charge in [0.25, 0.3) is 0 Å². The van der Waals surface area contributed by atoms with Crippen molar-refractivity contribution >= 4 is 5.97 Å². The van der Waals surface area contributed by atoms with Gasteiger partial charge in [0.2, 0.25) is 0 Å². The molecule has 0 heterocycles. The van der Waals surface area contributed by atoms with Crippen LogP contribution in [0, 0.1) is 17.8 Å². The van der Waals surface area contributed by atoms with Gasteiger partial charge in [-0.05, 0) is 31.2 Å². The second-order valence-corrected chi connectivity index (χ2v) is 5.11. The number of carboxylic acids is 1. The van der Waals surface area contributed by atoms with E-state index in [0.29, 0.717) is 24.3 Å². The maximum atomic E-state index is 10.4. The Balaban J connectivity index is 4.00. The molecule has 0 aliphatic heterocycles. The van der Waals surface area contributed by atoms with Crippen molar-refractivity contribution in [2.75, 3.05) is 13.1 Å². The number of hydrogen-bond donors (Lipinski definition) is 2. The summed E-state index contributed by atoms with van der Waals surface area (Å²) in [6, 6.07) is 0. The highest BCUT2D eigenvalue weighted by Crippen LogP contribution is 2.19. The molecule has 0 aromatic heterocycles. The van der Waals surface area contributed by atoms with Crippen molar-refractivity contribution < 1.29 is 9.90 Å². The highest BCUT2D eigenvalue weighted by atomic mass is 16.4. The molecule has 3 heteroatoms. The molecule has 94 valence electrons. The van der Waals surface area contributed by atoms with Crippen molar-refractivity contribution in [1.29, 1.82) is 0 Å². The summed E-state index contributed by atoms with van der Waals surface area (Å²) < 4.78 is 0. The Morgan fingerprint density at radius 2 is 1.75 bits per heavy atom. The predicted molar refractivity (Wildman–Crippen MR) is 67.4 cm³/mol. The minimum Gasteiger partial charge on any atom is -0.478 e. The summed E-state index contributed by atoms with van der Waals surface area (Å²) in [5.74, 6) is 1.06. The van der Waals surface area contributed by atoms with Crippen LogP contribution in [0.4, 0.5) is 0 Å². The van der Waals surface area contributed by atoms with Crippen LogP contribution in [0.3, 0.4) is 0 Å². The number of aliphatic carboxylic acids is 1. The zero-order chi connectivity index (χ0) is 12.7. The summed E-state index contributed by atoms with van der Waals surface area (Å²) in [6.07, 6.45) is 1.26. The number of hydrogen-bond acceptors (Lipinski definition) is 2. The van der Waals surface area contributed by atoms with Gasteiger partial charge in [0.15, 0.2) is 0 Å². The van der Waals surface area contributed by atoms with Crippen LogP contribution in [0.1, 0.15) is 34.6 Å². The van der Waals surface area contributed by atoms with Gasteiger partial charge >= 0.3 is 5.97 Å². The molecule has 2 N–H and O–H groups in total. The van der Waals surface area contributed by atoms with Gasteiger partial charge in [-0.3, -0.25) is 0 Å². The van der Waals surface area contributed by atoms with E-state index in [-0.39, 0.29) is 0 Å². The summed E-state index contributed by atoms with van der Waals surface area (Å²) in [7, 11) is 0. The molecule has 0 aromatic carbocycles. The maximum absolute atomic E-state index is 10.4. The Kier molecular flexibility index (Phi) is 7.06. The lowest BCUT2D eigenvalue weighted by Crippen LogP contribution is -2.30. The highest BCUT2D eigenvalue weighted by molar-refractivity contribution is 5.80. The van der Waals surface area contributed by atoms with E-state index in [2.05, 4.69) is 33.0 Å². The minimum absolute atomic E-state index is 0.637. The van der Waals surface area contributed by atoms with Crippen LogP contribution in [0.5, 0.6) is 0 Å². The third kappa shape index (κ3) is 6.62. The van der Waals surface area contributed by atoms with E-state index < -0.39 is 5.97 Å². The second kappa shape index (κ2) is 7.44. The first-order valence-corrected chi connectivity index (χ1v) is 5.95. The van der Waals surface area contributed by atoms with Crippen molar-refractivity contribution in [1.82, 2.24) is 5.32 Å². The first-order valence-electron chi connectivity index (χ1n) is 5.95.